The Morgan fingerprint density at radius 1 is 0.659 bits per heavy atom. The smallest absolute Gasteiger partial charge is 0.159 e. The van der Waals surface area contributed by atoms with Gasteiger partial charge in [-0.25, -0.2) is 9.98 Å². The molecule has 0 saturated heterocycles. The van der Waals surface area contributed by atoms with Crippen LogP contribution in [-0.2, 0) is 0 Å². The Morgan fingerprint density at radius 3 is 2.30 bits per heavy atom. The van der Waals surface area contributed by atoms with E-state index in [0.29, 0.717) is 0 Å². The van der Waals surface area contributed by atoms with Crippen molar-refractivity contribution in [3.05, 3.63) is 156 Å². The van der Waals surface area contributed by atoms with Gasteiger partial charge in [-0.15, -0.1) is 11.3 Å². The van der Waals surface area contributed by atoms with Crippen LogP contribution in [0.4, 0.5) is 16.4 Å². The first-order valence-electron chi connectivity index (χ1n) is 14.8. The number of thiophene rings is 1. The van der Waals surface area contributed by atoms with Gasteiger partial charge in [0, 0.05) is 21.2 Å². The fraction of sp³-hybridized carbons (Fsp3) is 0.0526. The molecular weight excluding hydrogens is 559 g/mol. The maximum Gasteiger partial charge on any atom is 0.159 e. The number of rotatable bonds is 4. The lowest BCUT2D eigenvalue weighted by Gasteiger charge is -2.29. The zero-order valence-electron chi connectivity index (χ0n) is 23.7. The molecule has 2 unspecified atom stereocenters. The summed E-state index contributed by atoms with van der Waals surface area (Å²) in [4.78, 5) is 12.5. The van der Waals surface area contributed by atoms with Crippen molar-refractivity contribution >= 4 is 55.5 Å². The number of hydrogen-bond acceptors (Lipinski definition) is 6. The minimum atomic E-state index is -0.226. The first-order valence-corrected chi connectivity index (χ1v) is 15.6. The van der Waals surface area contributed by atoms with E-state index in [4.69, 9.17) is 9.98 Å². The van der Waals surface area contributed by atoms with Gasteiger partial charge in [-0.05, 0) is 52.6 Å². The van der Waals surface area contributed by atoms with E-state index in [0.717, 1.165) is 33.9 Å². The summed E-state index contributed by atoms with van der Waals surface area (Å²) in [5.74, 6) is 1.54. The summed E-state index contributed by atoms with van der Waals surface area (Å²) in [6.45, 7) is 0. The molecule has 0 bridgehead atoms. The predicted molar refractivity (Wildman–Crippen MR) is 184 cm³/mol. The fourth-order valence-corrected chi connectivity index (χ4v) is 7.51. The SMILES string of the molecule is C1=CC2Nc3c(sc4ccc(-c5cccc(C6=NC(c7ccccc7)NC(c7ccccc7)=N6)c5)cc34)N2c2ccccc21. The second-order valence-corrected chi connectivity index (χ2v) is 12.2. The maximum absolute atomic E-state index is 5.08. The molecule has 5 aromatic carbocycles. The summed E-state index contributed by atoms with van der Waals surface area (Å²) >= 11 is 1.85. The topological polar surface area (TPSA) is 52.0 Å². The molecule has 1 aromatic heterocycles. The molecule has 0 saturated carbocycles. The third-order valence-corrected chi connectivity index (χ3v) is 9.64. The zero-order chi connectivity index (χ0) is 29.0. The molecule has 5 nitrogen and oxygen atoms in total. The van der Waals surface area contributed by atoms with Gasteiger partial charge in [0.15, 0.2) is 5.84 Å². The number of nitrogens with zero attached hydrogens (tertiary/aromatic N) is 3. The van der Waals surface area contributed by atoms with Gasteiger partial charge in [0.1, 0.15) is 23.2 Å². The van der Waals surface area contributed by atoms with Crippen molar-refractivity contribution in [1.82, 2.24) is 5.32 Å². The molecule has 2 atom stereocenters. The van der Waals surface area contributed by atoms with Crippen LogP contribution in [0.25, 0.3) is 27.3 Å². The number of aliphatic imine (C=N–C) groups is 2. The zero-order valence-corrected chi connectivity index (χ0v) is 24.5. The number of nitrogens with one attached hydrogen (secondary N) is 2. The van der Waals surface area contributed by atoms with Gasteiger partial charge < -0.3 is 15.5 Å². The summed E-state index contributed by atoms with van der Waals surface area (Å²) in [6, 6.07) is 44.6. The van der Waals surface area contributed by atoms with Crippen molar-refractivity contribution < 1.29 is 0 Å². The average molecular weight is 586 g/mol. The molecule has 3 aliphatic heterocycles. The van der Waals surface area contributed by atoms with E-state index >= 15 is 0 Å². The molecule has 0 spiro atoms. The van der Waals surface area contributed by atoms with E-state index in [1.807, 2.05) is 47.7 Å². The van der Waals surface area contributed by atoms with Gasteiger partial charge in [0.2, 0.25) is 0 Å². The number of anilines is 3. The number of hydrogen-bond donors (Lipinski definition) is 2. The molecule has 44 heavy (non-hydrogen) atoms. The van der Waals surface area contributed by atoms with Crippen LogP contribution < -0.4 is 15.5 Å². The summed E-state index contributed by atoms with van der Waals surface area (Å²) in [5.41, 5.74) is 9.14. The largest absolute Gasteiger partial charge is 0.359 e. The van der Waals surface area contributed by atoms with Crippen LogP contribution in [0.2, 0.25) is 0 Å². The molecule has 0 amide bonds. The van der Waals surface area contributed by atoms with E-state index in [2.05, 4.69) is 119 Å². The maximum atomic E-state index is 5.08. The summed E-state index contributed by atoms with van der Waals surface area (Å²) in [7, 11) is 0. The van der Waals surface area contributed by atoms with Gasteiger partial charge in [-0.1, -0.05) is 109 Å². The Labute approximate surface area is 259 Å². The standard InChI is InChI=1S/C38H27N5S/c1-3-11-25(12-4-1)35-40-36(26-13-5-2-6-14-26)42-37(41-35)29-16-9-15-27(22-29)28-18-20-32-30(23-28)34-38(44-32)43-31-17-8-7-10-24(31)19-21-33(43)39-34/h1-23,33,35,39H,(H,40,41,42). The van der Waals surface area contributed by atoms with Crippen LogP contribution in [0.15, 0.2) is 143 Å². The molecule has 0 fully saturated rings. The second kappa shape index (κ2) is 10.1. The van der Waals surface area contributed by atoms with E-state index in [-0.39, 0.29) is 12.3 Å². The highest BCUT2D eigenvalue weighted by molar-refractivity contribution is 7.24. The van der Waals surface area contributed by atoms with Crippen molar-refractivity contribution in [2.45, 2.75) is 12.3 Å². The summed E-state index contributed by atoms with van der Waals surface area (Å²) in [6.07, 6.45) is 4.38. The van der Waals surface area contributed by atoms with Crippen LogP contribution >= 0.6 is 11.3 Å². The fourth-order valence-electron chi connectivity index (χ4n) is 6.31. The molecule has 2 N–H and O–H groups in total. The van der Waals surface area contributed by atoms with Gasteiger partial charge in [0.05, 0.1) is 11.4 Å². The number of benzene rings is 5. The number of amidine groups is 2. The van der Waals surface area contributed by atoms with E-state index < -0.39 is 0 Å². The van der Waals surface area contributed by atoms with Crippen molar-refractivity contribution in [3.63, 3.8) is 0 Å². The third kappa shape index (κ3) is 4.14. The molecule has 210 valence electrons. The molecule has 4 heterocycles. The normalized spacial score (nSPS) is 18.0. The van der Waals surface area contributed by atoms with Crippen LogP contribution in [0, 0.1) is 0 Å². The predicted octanol–water partition coefficient (Wildman–Crippen LogP) is 8.98. The molecule has 0 aliphatic carbocycles. The van der Waals surface area contributed by atoms with E-state index in [1.54, 1.807) is 0 Å². The van der Waals surface area contributed by atoms with Gasteiger partial charge >= 0.3 is 0 Å². The Hall–Kier alpha value is -5.46. The quantitative estimate of drug-likeness (QED) is 0.217. The molecule has 3 aliphatic rings. The minimum Gasteiger partial charge on any atom is -0.359 e. The lowest BCUT2D eigenvalue weighted by Crippen LogP contribution is -2.33. The molecular formula is C38H27N5S. The van der Waals surface area contributed by atoms with Crippen molar-refractivity contribution in [2.75, 3.05) is 10.2 Å². The third-order valence-electron chi connectivity index (χ3n) is 8.47. The molecule has 0 radical (unpaired) electrons. The molecule has 9 rings (SSSR count). The van der Waals surface area contributed by atoms with E-state index in [1.165, 1.54) is 37.6 Å². The lowest BCUT2D eigenvalue weighted by atomic mass is 10.0. The monoisotopic (exact) mass is 585 g/mol. The first kappa shape index (κ1) is 25.1. The van der Waals surface area contributed by atoms with Gasteiger partial charge in [0.25, 0.3) is 0 Å². The lowest BCUT2D eigenvalue weighted by molar-refractivity contribution is 0.674. The Bertz CT molecular complexity index is 2150. The summed E-state index contributed by atoms with van der Waals surface area (Å²) in [5, 5.41) is 9.86. The van der Waals surface area contributed by atoms with Gasteiger partial charge in [-0.3, -0.25) is 0 Å². The highest BCUT2D eigenvalue weighted by atomic mass is 32.1. The van der Waals surface area contributed by atoms with Crippen molar-refractivity contribution in [2.24, 2.45) is 9.98 Å². The van der Waals surface area contributed by atoms with Crippen LogP contribution in [-0.4, -0.2) is 17.8 Å². The Morgan fingerprint density at radius 2 is 1.41 bits per heavy atom. The number of fused-ring (bicyclic) bond motifs is 7. The number of para-hydroxylation sites is 1. The van der Waals surface area contributed by atoms with Crippen LogP contribution in [0.1, 0.15) is 28.4 Å². The first-order chi connectivity index (χ1) is 21.8. The van der Waals surface area contributed by atoms with Crippen LogP contribution in [0.5, 0.6) is 0 Å². The summed E-state index contributed by atoms with van der Waals surface area (Å²) < 4.78 is 1.28. The average Bonchev–Trinajstić information content (AvgIpc) is 3.65. The second-order valence-electron chi connectivity index (χ2n) is 11.2. The van der Waals surface area contributed by atoms with Crippen molar-refractivity contribution in [1.29, 1.82) is 0 Å². The molecule has 6 aromatic rings. The highest BCUT2D eigenvalue weighted by Gasteiger charge is 2.34. The van der Waals surface area contributed by atoms with Crippen LogP contribution in [0.3, 0.4) is 0 Å². The Kier molecular flexibility index (Phi) is 5.74. The van der Waals surface area contributed by atoms with Gasteiger partial charge in [-0.2, -0.15) is 0 Å². The highest BCUT2D eigenvalue weighted by Crippen LogP contribution is 2.53. The Balaban J connectivity index is 1.11. The molecule has 6 heteroatoms. The van der Waals surface area contributed by atoms with Crippen molar-refractivity contribution in [3.8, 4) is 11.1 Å². The van der Waals surface area contributed by atoms with E-state index in [9.17, 15) is 0 Å². The minimum absolute atomic E-state index is 0.134.